The van der Waals surface area contributed by atoms with Gasteiger partial charge < -0.3 is 4.90 Å². The average Bonchev–Trinajstić information content (AvgIpc) is 3.41. The highest BCUT2D eigenvalue weighted by Crippen LogP contribution is 2.38. The molecule has 2 aliphatic heterocycles. The van der Waals surface area contributed by atoms with Crippen LogP contribution >= 0.6 is 0 Å². The number of pyridine rings is 1. The fourth-order valence-corrected chi connectivity index (χ4v) is 4.03. The Balaban J connectivity index is 1.50. The van der Waals surface area contributed by atoms with E-state index in [1.54, 1.807) is 12.4 Å². The Bertz CT molecular complexity index is 963. The van der Waals surface area contributed by atoms with Gasteiger partial charge in [-0.05, 0) is 24.0 Å². The third-order valence-corrected chi connectivity index (χ3v) is 5.63. The number of carbonyl (C=O) groups is 1. The molecule has 2 aromatic heterocycles. The zero-order valence-corrected chi connectivity index (χ0v) is 17.0. The Morgan fingerprint density at radius 3 is 2.69 bits per heavy atom. The Labute approximate surface area is 171 Å². The summed E-state index contributed by atoms with van der Waals surface area (Å²) in [6, 6.07) is 3.90. The summed E-state index contributed by atoms with van der Waals surface area (Å²) in [6.07, 6.45) is 14.1. The standard InChI is InChI=1S/C22H26N6O/c1-4-5-9-22(25-26-22)10-6-20(29)27-15-17-14-24-28(18-7-11-23-12-8-18)19(17)13-21(2,3)16-27/h1,7-8,11-12,14H,5-6,9-10,13,15-16H2,2-3H3. The van der Waals surface area contributed by atoms with Crippen LogP contribution in [0.15, 0.2) is 41.0 Å². The first-order valence-electron chi connectivity index (χ1n) is 10.0. The lowest BCUT2D eigenvalue weighted by atomic mass is 9.87. The van der Waals surface area contributed by atoms with E-state index in [4.69, 9.17) is 6.42 Å². The predicted molar refractivity (Wildman–Crippen MR) is 109 cm³/mol. The first-order valence-corrected chi connectivity index (χ1v) is 10.0. The summed E-state index contributed by atoms with van der Waals surface area (Å²) in [5.74, 6) is 2.77. The van der Waals surface area contributed by atoms with E-state index in [0.717, 1.165) is 29.8 Å². The molecule has 0 atom stereocenters. The molecule has 0 saturated carbocycles. The van der Waals surface area contributed by atoms with Crippen molar-refractivity contribution in [1.82, 2.24) is 19.7 Å². The summed E-state index contributed by atoms with van der Waals surface area (Å²) in [5.41, 5.74) is 2.78. The van der Waals surface area contributed by atoms with Crippen molar-refractivity contribution in [3.8, 4) is 18.0 Å². The summed E-state index contributed by atoms with van der Waals surface area (Å²) in [6.45, 7) is 5.69. The lowest BCUT2D eigenvalue weighted by Crippen LogP contribution is -2.37. The van der Waals surface area contributed by atoms with E-state index in [0.29, 0.717) is 32.4 Å². The van der Waals surface area contributed by atoms with Crippen molar-refractivity contribution < 1.29 is 4.79 Å². The third-order valence-electron chi connectivity index (χ3n) is 5.63. The molecule has 0 bridgehead atoms. The monoisotopic (exact) mass is 390 g/mol. The lowest BCUT2D eigenvalue weighted by Gasteiger charge is -2.30. The van der Waals surface area contributed by atoms with Crippen LogP contribution in [0.2, 0.25) is 0 Å². The summed E-state index contributed by atoms with van der Waals surface area (Å²) in [4.78, 5) is 19.1. The maximum absolute atomic E-state index is 13.0. The number of terminal acetylenes is 1. The number of aromatic nitrogens is 3. The smallest absolute Gasteiger partial charge is 0.223 e. The number of fused-ring (bicyclic) bond motifs is 1. The Hall–Kier alpha value is -3.01. The quantitative estimate of drug-likeness (QED) is 0.708. The van der Waals surface area contributed by atoms with Crippen molar-refractivity contribution in [3.63, 3.8) is 0 Å². The number of nitrogens with zero attached hydrogens (tertiary/aromatic N) is 6. The van der Waals surface area contributed by atoms with Crippen LogP contribution in [0.4, 0.5) is 0 Å². The van der Waals surface area contributed by atoms with Gasteiger partial charge in [0.25, 0.3) is 0 Å². The van der Waals surface area contributed by atoms with Crippen molar-refractivity contribution in [1.29, 1.82) is 0 Å². The first-order chi connectivity index (χ1) is 13.9. The molecule has 1 amide bonds. The minimum Gasteiger partial charge on any atom is -0.338 e. The molecular formula is C22H26N6O. The second-order valence-electron chi connectivity index (χ2n) is 8.71. The van der Waals surface area contributed by atoms with E-state index in [-0.39, 0.29) is 11.3 Å². The van der Waals surface area contributed by atoms with Gasteiger partial charge in [0.05, 0.1) is 11.9 Å². The minimum atomic E-state index is -0.416. The van der Waals surface area contributed by atoms with Gasteiger partial charge in [-0.15, -0.1) is 12.3 Å². The normalized spacial score (nSPS) is 18.6. The average molecular weight is 390 g/mol. The van der Waals surface area contributed by atoms with Gasteiger partial charge in [0.1, 0.15) is 0 Å². The largest absolute Gasteiger partial charge is 0.338 e. The van der Waals surface area contributed by atoms with Crippen molar-refractivity contribution in [2.24, 2.45) is 15.6 Å². The molecular weight excluding hydrogens is 364 g/mol. The molecule has 0 aliphatic carbocycles. The summed E-state index contributed by atoms with van der Waals surface area (Å²) in [5, 5.41) is 12.9. The van der Waals surface area contributed by atoms with Gasteiger partial charge in [0, 0.05) is 62.4 Å². The van der Waals surface area contributed by atoms with Crippen LogP contribution in [0.3, 0.4) is 0 Å². The second kappa shape index (κ2) is 7.43. The molecule has 4 heterocycles. The molecule has 7 heteroatoms. The van der Waals surface area contributed by atoms with Crippen LogP contribution in [0.5, 0.6) is 0 Å². The summed E-state index contributed by atoms with van der Waals surface area (Å²) >= 11 is 0. The van der Waals surface area contributed by atoms with Gasteiger partial charge in [-0.3, -0.25) is 9.78 Å². The topological polar surface area (TPSA) is 75.7 Å². The van der Waals surface area contributed by atoms with Crippen molar-refractivity contribution >= 4 is 5.91 Å². The second-order valence-corrected chi connectivity index (χ2v) is 8.71. The minimum absolute atomic E-state index is 0.0544. The lowest BCUT2D eigenvalue weighted by molar-refractivity contribution is -0.133. The zero-order valence-electron chi connectivity index (χ0n) is 17.0. The van der Waals surface area contributed by atoms with E-state index in [2.05, 4.69) is 40.1 Å². The highest BCUT2D eigenvalue weighted by molar-refractivity contribution is 5.76. The molecule has 0 saturated heterocycles. The number of rotatable bonds is 6. The molecule has 4 rings (SSSR count). The van der Waals surface area contributed by atoms with E-state index in [1.807, 2.05) is 27.9 Å². The van der Waals surface area contributed by atoms with E-state index < -0.39 is 5.66 Å². The van der Waals surface area contributed by atoms with Crippen LogP contribution in [-0.4, -0.2) is 37.8 Å². The molecule has 7 nitrogen and oxygen atoms in total. The van der Waals surface area contributed by atoms with Crippen LogP contribution in [0, 0.1) is 17.8 Å². The van der Waals surface area contributed by atoms with E-state index in [1.165, 1.54) is 0 Å². The Kier molecular flexibility index (Phi) is 4.95. The SMILES string of the molecule is C#CCCC1(CCC(=O)N2Cc3cnn(-c4ccncc4)c3CC(C)(C)C2)N=N1. The van der Waals surface area contributed by atoms with Gasteiger partial charge in [-0.1, -0.05) is 13.8 Å². The highest BCUT2D eigenvalue weighted by atomic mass is 16.2. The van der Waals surface area contributed by atoms with E-state index >= 15 is 0 Å². The van der Waals surface area contributed by atoms with Gasteiger partial charge in [0.2, 0.25) is 5.91 Å². The van der Waals surface area contributed by atoms with Gasteiger partial charge in [0.15, 0.2) is 5.66 Å². The zero-order chi connectivity index (χ0) is 20.5. The van der Waals surface area contributed by atoms with E-state index in [9.17, 15) is 4.79 Å². The van der Waals surface area contributed by atoms with Gasteiger partial charge >= 0.3 is 0 Å². The van der Waals surface area contributed by atoms with Gasteiger partial charge in [-0.25, -0.2) is 4.68 Å². The molecule has 0 N–H and O–H groups in total. The van der Waals surface area contributed by atoms with Crippen LogP contribution in [0.25, 0.3) is 5.69 Å². The summed E-state index contributed by atoms with van der Waals surface area (Å²) in [7, 11) is 0. The molecule has 0 spiro atoms. The van der Waals surface area contributed by atoms with Crippen molar-refractivity contribution in [3.05, 3.63) is 42.0 Å². The molecule has 2 aromatic rings. The first kappa shape index (κ1) is 19.3. The molecule has 29 heavy (non-hydrogen) atoms. The molecule has 0 aromatic carbocycles. The Morgan fingerprint density at radius 2 is 2.00 bits per heavy atom. The predicted octanol–water partition coefficient (Wildman–Crippen LogP) is 3.53. The number of carbonyl (C=O) groups excluding carboxylic acids is 1. The van der Waals surface area contributed by atoms with Crippen LogP contribution in [0.1, 0.15) is 50.8 Å². The molecule has 0 fully saturated rings. The fourth-order valence-electron chi connectivity index (χ4n) is 4.03. The van der Waals surface area contributed by atoms with Gasteiger partial charge in [-0.2, -0.15) is 15.3 Å². The van der Waals surface area contributed by atoms with Crippen LogP contribution < -0.4 is 0 Å². The number of hydrogen-bond acceptors (Lipinski definition) is 5. The maximum atomic E-state index is 13.0. The summed E-state index contributed by atoms with van der Waals surface area (Å²) < 4.78 is 1.98. The number of amides is 1. The fraction of sp³-hybridized carbons (Fsp3) is 0.500. The highest BCUT2D eigenvalue weighted by Gasteiger charge is 2.40. The Morgan fingerprint density at radius 1 is 1.24 bits per heavy atom. The molecule has 0 unspecified atom stereocenters. The molecule has 2 aliphatic rings. The third kappa shape index (κ3) is 4.21. The van der Waals surface area contributed by atoms with Crippen molar-refractivity contribution in [2.75, 3.05) is 6.54 Å². The van der Waals surface area contributed by atoms with Crippen molar-refractivity contribution in [2.45, 2.75) is 58.2 Å². The molecule has 0 radical (unpaired) electrons. The number of hydrogen-bond donors (Lipinski definition) is 0. The van der Waals surface area contributed by atoms with Crippen LogP contribution in [-0.2, 0) is 17.8 Å². The maximum Gasteiger partial charge on any atom is 0.223 e. The molecule has 150 valence electrons.